The Labute approximate surface area is 124 Å². The fraction of sp³-hybridized carbons (Fsp3) is 0.312. The number of nitrogens with zero attached hydrogens (tertiary/aromatic N) is 1. The summed E-state index contributed by atoms with van der Waals surface area (Å²) >= 11 is 0. The summed E-state index contributed by atoms with van der Waals surface area (Å²) in [6, 6.07) is 12.9. The van der Waals surface area contributed by atoms with E-state index in [2.05, 4.69) is 0 Å². The second kappa shape index (κ2) is 5.58. The molecule has 0 radical (unpaired) electrons. The smallest absolute Gasteiger partial charge is 0.243 e. The van der Waals surface area contributed by atoms with E-state index in [-0.39, 0.29) is 5.92 Å². The number of fused-ring (bicyclic) bond motifs is 1. The summed E-state index contributed by atoms with van der Waals surface area (Å²) in [5.74, 6) is -0.00643. The van der Waals surface area contributed by atoms with Crippen LogP contribution in [0.15, 0.2) is 47.4 Å². The minimum Gasteiger partial charge on any atom is -0.303 e. The van der Waals surface area contributed by atoms with E-state index in [0.29, 0.717) is 30.8 Å². The lowest BCUT2D eigenvalue weighted by molar-refractivity contribution is -0.112. The summed E-state index contributed by atoms with van der Waals surface area (Å²) < 4.78 is 26.8. The van der Waals surface area contributed by atoms with Crippen LogP contribution in [0.1, 0.15) is 12.8 Å². The molecule has 0 bridgehead atoms. The van der Waals surface area contributed by atoms with E-state index in [1.165, 1.54) is 4.31 Å². The van der Waals surface area contributed by atoms with Crippen LogP contribution in [0, 0.1) is 5.92 Å². The Bertz CT molecular complexity index is 762. The van der Waals surface area contributed by atoms with Crippen LogP contribution in [-0.4, -0.2) is 32.1 Å². The zero-order valence-corrected chi connectivity index (χ0v) is 12.4. The number of piperidine rings is 1. The van der Waals surface area contributed by atoms with Crippen molar-refractivity contribution in [1.82, 2.24) is 4.31 Å². The summed E-state index contributed by atoms with van der Waals surface area (Å²) in [5.41, 5.74) is 0. The van der Waals surface area contributed by atoms with Crippen molar-refractivity contribution in [2.45, 2.75) is 17.7 Å². The summed E-state index contributed by atoms with van der Waals surface area (Å²) in [6.07, 6.45) is 2.15. The Kier molecular flexibility index (Phi) is 3.78. The van der Waals surface area contributed by atoms with E-state index in [4.69, 9.17) is 0 Å². The third kappa shape index (κ3) is 2.71. The van der Waals surface area contributed by atoms with Gasteiger partial charge in [0.1, 0.15) is 6.29 Å². The monoisotopic (exact) mass is 303 g/mol. The predicted molar refractivity (Wildman–Crippen MR) is 81.5 cm³/mol. The standard InChI is InChI=1S/C16H17NO3S/c18-12-13-7-9-17(10-8-13)21(19,20)16-6-5-14-3-1-2-4-15(14)11-16/h1-6,11-13H,7-10H2. The largest absolute Gasteiger partial charge is 0.303 e. The fourth-order valence-corrected chi connectivity index (χ4v) is 4.23. The lowest BCUT2D eigenvalue weighted by Gasteiger charge is -2.28. The third-order valence-corrected chi connectivity index (χ3v) is 5.94. The van der Waals surface area contributed by atoms with Crippen LogP contribution < -0.4 is 0 Å². The summed E-state index contributed by atoms with van der Waals surface area (Å²) in [5, 5.41) is 1.94. The van der Waals surface area contributed by atoms with Crippen LogP contribution >= 0.6 is 0 Å². The van der Waals surface area contributed by atoms with Gasteiger partial charge in [0.05, 0.1) is 4.90 Å². The van der Waals surface area contributed by atoms with Gasteiger partial charge in [-0.25, -0.2) is 8.42 Å². The van der Waals surface area contributed by atoms with Crippen molar-refractivity contribution < 1.29 is 13.2 Å². The quantitative estimate of drug-likeness (QED) is 0.818. The van der Waals surface area contributed by atoms with Crippen LogP contribution in [0.25, 0.3) is 10.8 Å². The van der Waals surface area contributed by atoms with Crippen molar-refractivity contribution in [3.63, 3.8) is 0 Å². The topological polar surface area (TPSA) is 54.5 Å². The van der Waals surface area contributed by atoms with Gasteiger partial charge in [0.15, 0.2) is 0 Å². The molecule has 110 valence electrons. The summed E-state index contributed by atoms with van der Waals surface area (Å²) in [6.45, 7) is 0.830. The lowest BCUT2D eigenvalue weighted by Crippen LogP contribution is -2.38. The van der Waals surface area contributed by atoms with Gasteiger partial charge < -0.3 is 4.79 Å². The van der Waals surface area contributed by atoms with E-state index in [0.717, 1.165) is 17.1 Å². The van der Waals surface area contributed by atoms with E-state index >= 15 is 0 Å². The molecule has 1 heterocycles. The molecule has 3 rings (SSSR count). The molecule has 4 nitrogen and oxygen atoms in total. The van der Waals surface area contributed by atoms with Crippen molar-refractivity contribution >= 4 is 27.1 Å². The first-order chi connectivity index (χ1) is 10.1. The molecule has 0 aromatic heterocycles. The van der Waals surface area contributed by atoms with Crippen molar-refractivity contribution in [3.05, 3.63) is 42.5 Å². The molecule has 0 amide bonds. The lowest BCUT2D eigenvalue weighted by atomic mass is 10.0. The van der Waals surface area contributed by atoms with Gasteiger partial charge in [0.25, 0.3) is 0 Å². The normalized spacial score (nSPS) is 17.9. The molecule has 0 unspecified atom stereocenters. The molecular formula is C16H17NO3S. The van der Waals surface area contributed by atoms with Gasteiger partial charge in [0.2, 0.25) is 10.0 Å². The van der Waals surface area contributed by atoms with Crippen molar-refractivity contribution in [3.8, 4) is 0 Å². The van der Waals surface area contributed by atoms with Gasteiger partial charge in [0, 0.05) is 19.0 Å². The Hall–Kier alpha value is -1.72. The number of aldehydes is 1. The van der Waals surface area contributed by atoms with Crippen LogP contribution in [0.3, 0.4) is 0 Å². The highest BCUT2D eigenvalue weighted by Crippen LogP contribution is 2.25. The first-order valence-corrected chi connectivity index (χ1v) is 8.49. The summed E-state index contributed by atoms with van der Waals surface area (Å²) in [4.78, 5) is 11.1. The molecule has 2 aromatic rings. The zero-order chi connectivity index (χ0) is 14.9. The van der Waals surface area contributed by atoms with E-state index in [9.17, 15) is 13.2 Å². The van der Waals surface area contributed by atoms with Crippen LogP contribution in [0.2, 0.25) is 0 Å². The minimum atomic E-state index is -3.47. The van der Waals surface area contributed by atoms with Crippen LogP contribution in [-0.2, 0) is 14.8 Å². The van der Waals surface area contributed by atoms with E-state index in [1.54, 1.807) is 12.1 Å². The molecule has 5 heteroatoms. The molecule has 1 saturated heterocycles. The Balaban J connectivity index is 1.91. The van der Waals surface area contributed by atoms with Gasteiger partial charge >= 0.3 is 0 Å². The maximum atomic E-state index is 12.7. The fourth-order valence-electron chi connectivity index (χ4n) is 2.73. The molecule has 0 aliphatic carbocycles. The predicted octanol–water partition coefficient (Wildman–Crippen LogP) is 2.44. The molecule has 0 spiro atoms. The number of carbonyl (C=O) groups excluding carboxylic acids is 1. The van der Waals surface area contributed by atoms with Crippen molar-refractivity contribution in [2.75, 3.05) is 13.1 Å². The SMILES string of the molecule is O=CC1CCN(S(=O)(=O)c2ccc3ccccc3c2)CC1. The highest BCUT2D eigenvalue weighted by Gasteiger charge is 2.29. The van der Waals surface area contributed by atoms with Gasteiger partial charge in [-0.1, -0.05) is 30.3 Å². The van der Waals surface area contributed by atoms with Gasteiger partial charge in [-0.15, -0.1) is 0 Å². The Morgan fingerprint density at radius 1 is 1.00 bits per heavy atom. The molecule has 0 atom stereocenters. The highest BCUT2D eigenvalue weighted by atomic mass is 32.2. The maximum Gasteiger partial charge on any atom is 0.243 e. The van der Waals surface area contributed by atoms with Gasteiger partial charge in [-0.2, -0.15) is 4.31 Å². The van der Waals surface area contributed by atoms with Crippen molar-refractivity contribution in [2.24, 2.45) is 5.92 Å². The Morgan fingerprint density at radius 2 is 1.67 bits per heavy atom. The molecule has 0 N–H and O–H groups in total. The number of carbonyl (C=O) groups is 1. The molecule has 1 aliphatic rings. The second-order valence-corrected chi connectivity index (χ2v) is 7.32. The number of sulfonamides is 1. The molecule has 0 saturated carbocycles. The highest BCUT2D eigenvalue weighted by molar-refractivity contribution is 7.89. The molecule has 2 aromatic carbocycles. The van der Waals surface area contributed by atoms with E-state index in [1.807, 2.05) is 30.3 Å². The minimum absolute atomic E-state index is 0.00643. The van der Waals surface area contributed by atoms with Crippen LogP contribution in [0.4, 0.5) is 0 Å². The van der Waals surface area contributed by atoms with Crippen molar-refractivity contribution in [1.29, 1.82) is 0 Å². The molecular weight excluding hydrogens is 286 g/mol. The zero-order valence-electron chi connectivity index (χ0n) is 11.6. The van der Waals surface area contributed by atoms with Crippen LogP contribution in [0.5, 0.6) is 0 Å². The molecule has 1 fully saturated rings. The van der Waals surface area contributed by atoms with Gasteiger partial charge in [-0.05, 0) is 35.7 Å². The second-order valence-electron chi connectivity index (χ2n) is 5.39. The Morgan fingerprint density at radius 3 is 2.33 bits per heavy atom. The van der Waals surface area contributed by atoms with Gasteiger partial charge in [-0.3, -0.25) is 0 Å². The number of benzene rings is 2. The number of hydrogen-bond donors (Lipinski definition) is 0. The first kappa shape index (κ1) is 14.2. The maximum absolute atomic E-state index is 12.7. The molecule has 21 heavy (non-hydrogen) atoms. The summed E-state index contributed by atoms with van der Waals surface area (Å²) in [7, 11) is -3.47. The number of hydrogen-bond acceptors (Lipinski definition) is 3. The molecule has 1 aliphatic heterocycles. The number of rotatable bonds is 3. The first-order valence-electron chi connectivity index (χ1n) is 7.05. The average Bonchev–Trinajstić information content (AvgIpc) is 2.54. The van der Waals surface area contributed by atoms with E-state index < -0.39 is 10.0 Å². The average molecular weight is 303 g/mol. The third-order valence-electron chi connectivity index (χ3n) is 4.05.